The van der Waals surface area contributed by atoms with Gasteiger partial charge in [-0.1, -0.05) is 12.1 Å². The van der Waals surface area contributed by atoms with Crippen LogP contribution in [0.25, 0.3) is 0 Å². The number of nitrogens with zero attached hydrogens (tertiary/aromatic N) is 2. The highest BCUT2D eigenvalue weighted by molar-refractivity contribution is 5.95. The minimum absolute atomic E-state index is 0.0945. The van der Waals surface area contributed by atoms with Crippen molar-refractivity contribution in [3.63, 3.8) is 0 Å². The Bertz CT molecular complexity index is 587. The second-order valence-corrected chi connectivity index (χ2v) is 6.64. The Balaban J connectivity index is 1.58. The number of carbonyl (C=O) groups is 2. The summed E-state index contributed by atoms with van der Waals surface area (Å²) >= 11 is 0. The van der Waals surface area contributed by atoms with E-state index in [-0.39, 0.29) is 17.7 Å². The third-order valence-electron chi connectivity index (χ3n) is 4.76. The third-order valence-corrected chi connectivity index (χ3v) is 4.76. The Morgan fingerprint density at radius 1 is 1.30 bits per heavy atom. The first-order valence-electron chi connectivity index (χ1n) is 8.49. The molecule has 2 aliphatic heterocycles. The first-order valence-corrected chi connectivity index (χ1v) is 8.49. The number of likely N-dealkylation sites (tertiary alicyclic amines) is 1. The number of benzene rings is 1. The molecular weight excluding hydrogens is 290 g/mol. The largest absolute Gasteiger partial charge is 0.352 e. The molecule has 2 amide bonds. The van der Waals surface area contributed by atoms with Gasteiger partial charge in [-0.3, -0.25) is 9.59 Å². The molecule has 2 fully saturated rings. The van der Waals surface area contributed by atoms with Gasteiger partial charge in [0.15, 0.2) is 0 Å². The highest BCUT2D eigenvalue weighted by Gasteiger charge is 2.24. The Morgan fingerprint density at radius 2 is 2.17 bits per heavy atom. The van der Waals surface area contributed by atoms with Crippen LogP contribution in [0.3, 0.4) is 0 Å². The van der Waals surface area contributed by atoms with Crippen molar-refractivity contribution in [2.24, 2.45) is 5.92 Å². The lowest BCUT2D eigenvalue weighted by Gasteiger charge is -2.28. The van der Waals surface area contributed by atoms with Crippen LogP contribution in [-0.4, -0.2) is 43.4 Å². The lowest BCUT2D eigenvalue weighted by Crippen LogP contribution is -2.41. The summed E-state index contributed by atoms with van der Waals surface area (Å²) < 4.78 is 0. The molecule has 124 valence electrons. The molecule has 0 bridgehead atoms. The van der Waals surface area contributed by atoms with Gasteiger partial charge in [-0.2, -0.15) is 0 Å². The van der Waals surface area contributed by atoms with Gasteiger partial charge in [-0.05, 0) is 50.6 Å². The molecule has 1 aromatic rings. The third kappa shape index (κ3) is 3.91. The van der Waals surface area contributed by atoms with Crippen molar-refractivity contribution in [1.29, 1.82) is 0 Å². The van der Waals surface area contributed by atoms with E-state index in [0.717, 1.165) is 50.1 Å². The zero-order chi connectivity index (χ0) is 16.2. The predicted octanol–water partition coefficient (Wildman–Crippen LogP) is 1.77. The van der Waals surface area contributed by atoms with Crippen molar-refractivity contribution in [3.05, 3.63) is 29.8 Å². The standard InChI is InChI=1S/C18H25N3O2/c1-20-9-3-6-15(13-20)18(23)19-12-14-5-2-7-16(11-14)21-10-4-8-17(21)22/h2,5,7,11,15H,3-4,6,8-10,12-13H2,1H3,(H,19,23)/t15-/m0/s1. The van der Waals surface area contributed by atoms with Crippen molar-refractivity contribution in [1.82, 2.24) is 10.2 Å². The minimum Gasteiger partial charge on any atom is -0.352 e. The van der Waals surface area contributed by atoms with Crippen LogP contribution < -0.4 is 10.2 Å². The molecule has 5 nitrogen and oxygen atoms in total. The number of hydrogen-bond acceptors (Lipinski definition) is 3. The fourth-order valence-electron chi connectivity index (χ4n) is 3.47. The number of carbonyl (C=O) groups excluding carboxylic acids is 2. The molecule has 23 heavy (non-hydrogen) atoms. The number of rotatable bonds is 4. The normalized spacial score (nSPS) is 22.4. The van der Waals surface area contributed by atoms with Crippen molar-refractivity contribution >= 4 is 17.5 Å². The van der Waals surface area contributed by atoms with Gasteiger partial charge >= 0.3 is 0 Å². The van der Waals surface area contributed by atoms with E-state index < -0.39 is 0 Å². The van der Waals surface area contributed by atoms with Gasteiger partial charge in [0, 0.05) is 31.7 Å². The van der Waals surface area contributed by atoms with Crippen molar-refractivity contribution in [2.45, 2.75) is 32.2 Å². The summed E-state index contributed by atoms with van der Waals surface area (Å²) in [6, 6.07) is 7.93. The zero-order valence-corrected chi connectivity index (χ0v) is 13.8. The van der Waals surface area contributed by atoms with E-state index in [9.17, 15) is 9.59 Å². The van der Waals surface area contributed by atoms with Crippen LogP contribution >= 0.6 is 0 Å². The monoisotopic (exact) mass is 315 g/mol. The summed E-state index contributed by atoms with van der Waals surface area (Å²) in [4.78, 5) is 28.2. The lowest BCUT2D eigenvalue weighted by molar-refractivity contribution is -0.126. The fraction of sp³-hybridized carbons (Fsp3) is 0.556. The van der Waals surface area contributed by atoms with Crippen molar-refractivity contribution in [2.75, 3.05) is 31.6 Å². The highest BCUT2D eigenvalue weighted by atomic mass is 16.2. The SMILES string of the molecule is CN1CCC[C@H](C(=O)NCc2cccc(N3CCCC3=O)c2)C1. The van der Waals surface area contributed by atoms with Crippen LogP contribution in [-0.2, 0) is 16.1 Å². The second kappa shape index (κ2) is 7.13. The maximum atomic E-state index is 12.3. The number of hydrogen-bond donors (Lipinski definition) is 1. The van der Waals surface area contributed by atoms with E-state index in [1.807, 2.05) is 29.2 Å². The van der Waals surface area contributed by atoms with E-state index in [0.29, 0.717) is 13.0 Å². The summed E-state index contributed by atoms with van der Waals surface area (Å²) in [7, 11) is 2.07. The molecule has 2 heterocycles. The molecule has 1 aromatic carbocycles. The van der Waals surface area contributed by atoms with Gasteiger partial charge in [-0.25, -0.2) is 0 Å². The van der Waals surface area contributed by atoms with Crippen LogP contribution in [0.4, 0.5) is 5.69 Å². The van der Waals surface area contributed by atoms with Crippen LogP contribution in [0, 0.1) is 5.92 Å². The summed E-state index contributed by atoms with van der Waals surface area (Å²) in [6.07, 6.45) is 3.62. The van der Waals surface area contributed by atoms with E-state index in [4.69, 9.17) is 0 Å². The number of nitrogens with one attached hydrogen (secondary N) is 1. The molecule has 2 saturated heterocycles. The van der Waals surface area contributed by atoms with Gasteiger partial charge in [0.05, 0.1) is 5.92 Å². The Kier molecular flexibility index (Phi) is 4.96. The average molecular weight is 315 g/mol. The maximum Gasteiger partial charge on any atom is 0.227 e. The molecule has 0 radical (unpaired) electrons. The van der Waals surface area contributed by atoms with Gasteiger partial charge in [0.25, 0.3) is 0 Å². The molecule has 0 aliphatic carbocycles. The molecule has 5 heteroatoms. The molecule has 3 rings (SSSR count). The first kappa shape index (κ1) is 16.0. The van der Waals surface area contributed by atoms with E-state index in [1.54, 1.807) is 0 Å². The molecule has 0 spiro atoms. The summed E-state index contributed by atoms with van der Waals surface area (Å²) in [5.41, 5.74) is 1.98. The smallest absolute Gasteiger partial charge is 0.227 e. The molecular formula is C18H25N3O2. The number of amides is 2. The quantitative estimate of drug-likeness (QED) is 0.921. The van der Waals surface area contributed by atoms with Crippen LogP contribution in [0.15, 0.2) is 24.3 Å². The zero-order valence-electron chi connectivity index (χ0n) is 13.8. The van der Waals surface area contributed by atoms with E-state index in [2.05, 4.69) is 17.3 Å². The van der Waals surface area contributed by atoms with E-state index in [1.165, 1.54) is 0 Å². The van der Waals surface area contributed by atoms with Crippen molar-refractivity contribution in [3.8, 4) is 0 Å². The van der Waals surface area contributed by atoms with Crippen molar-refractivity contribution < 1.29 is 9.59 Å². The maximum absolute atomic E-state index is 12.3. The van der Waals surface area contributed by atoms with E-state index >= 15 is 0 Å². The van der Waals surface area contributed by atoms with Gasteiger partial charge in [-0.15, -0.1) is 0 Å². The summed E-state index contributed by atoms with van der Waals surface area (Å²) in [5.74, 6) is 0.424. The Morgan fingerprint density at radius 3 is 2.91 bits per heavy atom. The summed E-state index contributed by atoms with van der Waals surface area (Å²) in [6.45, 7) is 3.24. The van der Waals surface area contributed by atoms with Gasteiger partial charge < -0.3 is 15.1 Å². The highest BCUT2D eigenvalue weighted by Crippen LogP contribution is 2.22. The Labute approximate surface area is 137 Å². The molecule has 1 N–H and O–H groups in total. The van der Waals surface area contributed by atoms with Crippen LogP contribution in [0.1, 0.15) is 31.2 Å². The first-order chi connectivity index (χ1) is 11.1. The second-order valence-electron chi connectivity index (χ2n) is 6.64. The molecule has 2 aliphatic rings. The minimum atomic E-state index is 0.0945. The van der Waals surface area contributed by atoms with Gasteiger partial charge in [0.1, 0.15) is 0 Å². The molecule has 0 saturated carbocycles. The van der Waals surface area contributed by atoms with Gasteiger partial charge in [0.2, 0.25) is 11.8 Å². The molecule has 0 aromatic heterocycles. The average Bonchev–Trinajstić information content (AvgIpc) is 2.99. The summed E-state index contributed by atoms with van der Waals surface area (Å²) in [5, 5.41) is 3.05. The van der Waals surface area contributed by atoms with Crippen LogP contribution in [0.2, 0.25) is 0 Å². The fourth-order valence-corrected chi connectivity index (χ4v) is 3.47. The van der Waals surface area contributed by atoms with Crippen LogP contribution in [0.5, 0.6) is 0 Å². The lowest BCUT2D eigenvalue weighted by atomic mass is 9.97. The predicted molar refractivity (Wildman–Crippen MR) is 90.1 cm³/mol. The Hall–Kier alpha value is -1.88. The number of piperidine rings is 1. The molecule has 0 unspecified atom stereocenters. The number of anilines is 1. The molecule has 1 atom stereocenters. The topological polar surface area (TPSA) is 52.7 Å².